The van der Waals surface area contributed by atoms with Crippen molar-refractivity contribution in [2.75, 3.05) is 0 Å². The highest BCUT2D eigenvalue weighted by atomic mass is 35.5. The molecule has 3 heterocycles. The van der Waals surface area contributed by atoms with Gasteiger partial charge in [0.25, 0.3) is 5.56 Å². The first-order chi connectivity index (χ1) is 15.1. The Labute approximate surface area is 193 Å². The fourth-order valence-corrected chi connectivity index (χ4v) is 4.12. The lowest BCUT2D eigenvalue weighted by Crippen LogP contribution is -2.38. The Morgan fingerprint density at radius 1 is 1.06 bits per heavy atom. The van der Waals surface area contributed by atoms with Crippen LogP contribution in [0.1, 0.15) is 32.5 Å². The number of oxazole rings is 1. The lowest BCUT2D eigenvalue weighted by atomic mass is 9.96. The van der Waals surface area contributed by atoms with Crippen LogP contribution in [0.4, 0.5) is 0 Å². The van der Waals surface area contributed by atoms with Crippen molar-refractivity contribution in [1.29, 1.82) is 0 Å². The zero-order chi connectivity index (χ0) is 23.2. The van der Waals surface area contributed by atoms with Gasteiger partial charge in [-0.25, -0.2) is 19.7 Å². The molecule has 0 saturated heterocycles. The Morgan fingerprint density at radius 3 is 2.41 bits per heavy atom. The van der Waals surface area contributed by atoms with Gasteiger partial charge in [-0.3, -0.25) is 13.9 Å². The predicted octanol–water partition coefficient (Wildman–Crippen LogP) is 3.93. The molecule has 0 fully saturated rings. The number of aryl methyl sites for hydroxylation is 1. The molecule has 0 aliphatic carbocycles. The van der Waals surface area contributed by atoms with E-state index in [0.29, 0.717) is 44.3 Å². The van der Waals surface area contributed by atoms with E-state index in [1.165, 1.54) is 23.4 Å². The maximum Gasteiger partial charge on any atom is 0.332 e. The molecule has 3 aromatic heterocycles. The summed E-state index contributed by atoms with van der Waals surface area (Å²) in [6.07, 6.45) is 1.65. The smallest absolute Gasteiger partial charge is 0.332 e. The van der Waals surface area contributed by atoms with E-state index in [-0.39, 0.29) is 5.41 Å². The third-order valence-corrected chi connectivity index (χ3v) is 6.16. The largest absolute Gasteiger partial charge is 0.440 e. The number of aromatic nitrogens is 5. The summed E-state index contributed by atoms with van der Waals surface area (Å²) in [7, 11) is 3.05. The van der Waals surface area contributed by atoms with Gasteiger partial charge in [0.05, 0.1) is 11.9 Å². The SMILES string of the molecule is Cn1c(=O)c2c(SCc3ncc(-c4ccc(Cl)cc4)o3)nc(C(C)(C)C)nc2n(C)c1=O. The van der Waals surface area contributed by atoms with Gasteiger partial charge in [-0.15, -0.1) is 0 Å². The summed E-state index contributed by atoms with van der Waals surface area (Å²) in [5.41, 5.74) is -0.0531. The number of nitrogens with zero attached hydrogens (tertiary/aromatic N) is 5. The second-order valence-corrected chi connectivity index (χ2v) is 9.82. The van der Waals surface area contributed by atoms with E-state index in [0.717, 1.165) is 10.1 Å². The van der Waals surface area contributed by atoms with Crippen LogP contribution in [-0.4, -0.2) is 24.1 Å². The van der Waals surface area contributed by atoms with Crippen molar-refractivity contribution in [1.82, 2.24) is 24.1 Å². The second-order valence-electron chi connectivity index (χ2n) is 8.42. The minimum atomic E-state index is -0.433. The summed E-state index contributed by atoms with van der Waals surface area (Å²) < 4.78 is 8.32. The van der Waals surface area contributed by atoms with Crippen molar-refractivity contribution in [3.63, 3.8) is 0 Å². The van der Waals surface area contributed by atoms with Crippen LogP contribution in [0.5, 0.6) is 0 Å². The average Bonchev–Trinajstić information content (AvgIpc) is 3.23. The highest BCUT2D eigenvalue weighted by molar-refractivity contribution is 7.98. The molecule has 4 aromatic rings. The van der Waals surface area contributed by atoms with Gasteiger partial charge in [-0.1, -0.05) is 44.1 Å². The molecular weight excluding hydrogens is 450 g/mol. The summed E-state index contributed by atoms with van der Waals surface area (Å²) >= 11 is 7.27. The van der Waals surface area contributed by atoms with E-state index < -0.39 is 11.2 Å². The van der Waals surface area contributed by atoms with Crippen LogP contribution < -0.4 is 11.2 Å². The highest BCUT2D eigenvalue weighted by Crippen LogP contribution is 2.30. The van der Waals surface area contributed by atoms with Gasteiger partial charge in [0, 0.05) is 30.1 Å². The van der Waals surface area contributed by atoms with Crippen molar-refractivity contribution in [3.8, 4) is 11.3 Å². The highest BCUT2D eigenvalue weighted by Gasteiger charge is 2.24. The van der Waals surface area contributed by atoms with E-state index in [1.54, 1.807) is 25.4 Å². The van der Waals surface area contributed by atoms with Crippen LogP contribution in [0.25, 0.3) is 22.4 Å². The molecule has 0 spiro atoms. The van der Waals surface area contributed by atoms with Crippen molar-refractivity contribution in [2.45, 2.75) is 37.0 Å². The van der Waals surface area contributed by atoms with E-state index in [1.807, 2.05) is 32.9 Å². The fraction of sp³-hybridized carbons (Fsp3) is 0.318. The zero-order valence-electron chi connectivity index (χ0n) is 18.3. The lowest BCUT2D eigenvalue weighted by Gasteiger charge is -2.19. The maximum absolute atomic E-state index is 12.9. The molecule has 0 radical (unpaired) electrons. The maximum atomic E-state index is 12.9. The number of thioether (sulfide) groups is 1. The first-order valence-corrected chi connectivity index (χ1v) is 11.2. The third-order valence-electron chi connectivity index (χ3n) is 4.95. The molecule has 0 bridgehead atoms. The standard InChI is InChI=1S/C22H22ClN5O3S/c1-22(2,3)20-25-17-16(19(29)28(5)21(30)27(17)4)18(26-20)32-11-15-24-10-14(31-15)12-6-8-13(23)9-7-12/h6-10H,11H2,1-5H3. The van der Waals surface area contributed by atoms with Gasteiger partial charge in [-0.2, -0.15) is 0 Å². The van der Waals surface area contributed by atoms with Crippen LogP contribution in [-0.2, 0) is 25.3 Å². The molecular formula is C22H22ClN5O3S. The topological polar surface area (TPSA) is 95.8 Å². The monoisotopic (exact) mass is 471 g/mol. The Morgan fingerprint density at radius 2 is 1.75 bits per heavy atom. The number of halogens is 1. The molecule has 0 aliphatic heterocycles. The molecule has 0 atom stereocenters. The summed E-state index contributed by atoms with van der Waals surface area (Å²) in [5, 5.41) is 1.43. The number of hydrogen-bond acceptors (Lipinski definition) is 7. The molecule has 4 rings (SSSR count). The lowest BCUT2D eigenvalue weighted by molar-refractivity contribution is 0.529. The minimum absolute atomic E-state index is 0.303. The Kier molecular flexibility index (Phi) is 5.72. The van der Waals surface area contributed by atoms with Crippen LogP contribution in [0.2, 0.25) is 5.02 Å². The van der Waals surface area contributed by atoms with E-state index in [2.05, 4.69) is 15.0 Å². The van der Waals surface area contributed by atoms with Crippen LogP contribution >= 0.6 is 23.4 Å². The first kappa shape index (κ1) is 22.3. The normalized spacial score (nSPS) is 11.9. The fourth-order valence-electron chi connectivity index (χ4n) is 3.12. The molecule has 0 saturated carbocycles. The van der Waals surface area contributed by atoms with E-state index in [9.17, 15) is 9.59 Å². The molecule has 0 unspecified atom stereocenters. The number of benzene rings is 1. The predicted molar refractivity (Wildman–Crippen MR) is 125 cm³/mol. The zero-order valence-corrected chi connectivity index (χ0v) is 19.9. The number of hydrogen-bond donors (Lipinski definition) is 0. The summed E-state index contributed by atoms with van der Waals surface area (Å²) in [5.74, 6) is 2.02. The Hall–Kier alpha value is -2.91. The van der Waals surface area contributed by atoms with Gasteiger partial charge >= 0.3 is 5.69 Å². The van der Waals surface area contributed by atoms with Crippen LogP contribution in [0, 0.1) is 0 Å². The van der Waals surface area contributed by atoms with Crippen LogP contribution in [0.3, 0.4) is 0 Å². The van der Waals surface area contributed by atoms with Gasteiger partial charge in [0.1, 0.15) is 16.2 Å². The summed E-state index contributed by atoms with van der Waals surface area (Å²) in [6, 6.07) is 7.29. The Balaban J connectivity index is 1.75. The van der Waals surface area contributed by atoms with Crippen LogP contribution in [0.15, 0.2) is 49.5 Å². The average molecular weight is 472 g/mol. The molecule has 8 nitrogen and oxygen atoms in total. The van der Waals surface area contributed by atoms with Gasteiger partial charge in [0.15, 0.2) is 11.4 Å². The van der Waals surface area contributed by atoms with E-state index in [4.69, 9.17) is 16.0 Å². The van der Waals surface area contributed by atoms with Crippen molar-refractivity contribution in [2.24, 2.45) is 14.1 Å². The van der Waals surface area contributed by atoms with Crippen molar-refractivity contribution < 1.29 is 4.42 Å². The molecule has 1 aromatic carbocycles. The van der Waals surface area contributed by atoms with Gasteiger partial charge in [0.2, 0.25) is 5.89 Å². The quantitative estimate of drug-likeness (QED) is 0.328. The summed E-state index contributed by atoms with van der Waals surface area (Å²) in [4.78, 5) is 38.9. The van der Waals surface area contributed by atoms with Gasteiger partial charge < -0.3 is 4.42 Å². The minimum Gasteiger partial charge on any atom is -0.440 e. The molecule has 0 aliphatic rings. The Bertz CT molecular complexity index is 1430. The molecule has 0 amide bonds. The van der Waals surface area contributed by atoms with Crippen molar-refractivity contribution >= 4 is 34.4 Å². The van der Waals surface area contributed by atoms with E-state index >= 15 is 0 Å². The molecule has 0 N–H and O–H groups in total. The number of fused-ring (bicyclic) bond motifs is 1. The number of rotatable bonds is 4. The molecule has 10 heteroatoms. The second kappa shape index (κ2) is 8.22. The molecule has 32 heavy (non-hydrogen) atoms. The third kappa shape index (κ3) is 4.10. The van der Waals surface area contributed by atoms with Gasteiger partial charge in [-0.05, 0) is 24.3 Å². The summed E-state index contributed by atoms with van der Waals surface area (Å²) in [6.45, 7) is 5.94. The first-order valence-electron chi connectivity index (χ1n) is 9.88. The van der Waals surface area contributed by atoms with Crippen molar-refractivity contribution in [3.05, 3.63) is 68.0 Å². The molecule has 166 valence electrons.